The Morgan fingerprint density at radius 2 is 1.88 bits per heavy atom. The number of anilines is 1. The Kier molecular flexibility index (Phi) is 4.20. The molecule has 0 spiro atoms. The lowest BCUT2D eigenvalue weighted by Gasteiger charge is -2.10. The lowest BCUT2D eigenvalue weighted by atomic mass is 10.3. The summed E-state index contributed by atoms with van der Waals surface area (Å²) in [6.45, 7) is 1.22. The number of rotatable bonds is 3. The van der Waals surface area contributed by atoms with E-state index in [0.29, 0.717) is 0 Å². The molecule has 92 valence electrons. The van der Waals surface area contributed by atoms with Gasteiger partial charge in [0.15, 0.2) is 11.1 Å². The van der Waals surface area contributed by atoms with Gasteiger partial charge in [0.1, 0.15) is 0 Å². The first-order valence-corrected chi connectivity index (χ1v) is 6.64. The van der Waals surface area contributed by atoms with Crippen LogP contribution in [0.5, 0.6) is 0 Å². The van der Waals surface area contributed by atoms with Crippen LogP contribution in [-0.4, -0.2) is 13.7 Å². The number of nitrogens with one attached hydrogen (secondary N) is 1. The van der Waals surface area contributed by atoms with E-state index in [2.05, 4.69) is 4.72 Å². The minimum absolute atomic E-state index is 0.00324. The summed E-state index contributed by atoms with van der Waals surface area (Å²) in [5.74, 6) is -0.829. The summed E-state index contributed by atoms with van der Waals surface area (Å²) < 4.78 is 38.2. The lowest BCUT2D eigenvalue weighted by Crippen LogP contribution is -2.23. The van der Waals surface area contributed by atoms with Crippen molar-refractivity contribution in [1.82, 2.24) is 0 Å². The zero-order valence-electron chi connectivity index (χ0n) is 8.54. The van der Waals surface area contributed by atoms with Crippen LogP contribution in [0, 0.1) is 17.1 Å². The monoisotopic (exact) mass is 296 g/mol. The first kappa shape index (κ1) is 14.0. The second-order valence-electron chi connectivity index (χ2n) is 3.17. The average molecular weight is 297 g/mol. The quantitative estimate of drug-likeness (QED) is 0.872. The van der Waals surface area contributed by atoms with Gasteiger partial charge in [-0.1, -0.05) is 23.2 Å². The Labute approximate surface area is 108 Å². The minimum Gasteiger partial charge on any atom is -0.282 e. The Morgan fingerprint density at radius 1 is 1.41 bits per heavy atom. The highest BCUT2D eigenvalue weighted by Crippen LogP contribution is 2.28. The van der Waals surface area contributed by atoms with Gasteiger partial charge < -0.3 is 0 Å². The molecule has 1 N–H and O–H groups in total. The molecule has 0 aliphatic heterocycles. The summed E-state index contributed by atoms with van der Waals surface area (Å²) in [4.78, 5) is 0. The molecule has 0 aliphatic rings. The smallest absolute Gasteiger partial charge is 0.248 e. The zero-order valence-corrected chi connectivity index (χ0v) is 10.9. The molecule has 1 unspecified atom stereocenters. The molecule has 0 saturated carbocycles. The largest absolute Gasteiger partial charge is 0.282 e. The Morgan fingerprint density at radius 3 is 2.29 bits per heavy atom. The normalized spacial score (nSPS) is 12.9. The van der Waals surface area contributed by atoms with Gasteiger partial charge in [-0.2, -0.15) is 5.26 Å². The van der Waals surface area contributed by atoms with Gasteiger partial charge in [-0.15, -0.1) is 0 Å². The zero-order chi connectivity index (χ0) is 13.2. The number of nitriles is 1. The van der Waals surface area contributed by atoms with E-state index in [0.717, 1.165) is 12.1 Å². The predicted molar refractivity (Wildman–Crippen MR) is 64.0 cm³/mol. The van der Waals surface area contributed by atoms with Crippen LogP contribution in [0.3, 0.4) is 0 Å². The molecule has 0 heterocycles. The van der Waals surface area contributed by atoms with Crippen molar-refractivity contribution in [1.29, 1.82) is 5.26 Å². The maximum Gasteiger partial charge on any atom is 0.248 e. The molecule has 1 atom stereocenters. The van der Waals surface area contributed by atoms with Gasteiger partial charge in [-0.25, -0.2) is 12.8 Å². The molecule has 1 aromatic rings. The molecule has 0 radical (unpaired) electrons. The topological polar surface area (TPSA) is 70.0 Å². The lowest BCUT2D eigenvalue weighted by molar-refractivity contribution is 0.597. The molecule has 0 fully saturated rings. The maximum atomic E-state index is 13.1. The Balaban J connectivity index is 3.10. The Hall–Kier alpha value is -1.03. The van der Waals surface area contributed by atoms with Gasteiger partial charge in [0.25, 0.3) is 0 Å². The van der Waals surface area contributed by atoms with Gasteiger partial charge in [-0.05, 0) is 19.1 Å². The van der Waals surface area contributed by atoms with Crippen LogP contribution in [0.2, 0.25) is 10.0 Å². The van der Waals surface area contributed by atoms with Crippen LogP contribution >= 0.6 is 23.2 Å². The van der Waals surface area contributed by atoms with Gasteiger partial charge >= 0.3 is 0 Å². The second-order valence-corrected chi connectivity index (χ2v) is 5.99. The van der Waals surface area contributed by atoms with Crippen molar-refractivity contribution in [3.63, 3.8) is 0 Å². The molecular weight excluding hydrogens is 290 g/mol. The highest BCUT2D eigenvalue weighted by atomic mass is 35.5. The van der Waals surface area contributed by atoms with Crippen LogP contribution in [0.15, 0.2) is 12.1 Å². The van der Waals surface area contributed by atoms with Gasteiger partial charge in [0, 0.05) is 0 Å². The summed E-state index contributed by atoms with van der Waals surface area (Å²) in [5.41, 5.74) is 0.00324. The van der Waals surface area contributed by atoms with E-state index < -0.39 is 21.1 Å². The number of halogens is 3. The van der Waals surface area contributed by atoms with Crippen molar-refractivity contribution in [3.8, 4) is 6.07 Å². The van der Waals surface area contributed by atoms with E-state index in [1.165, 1.54) is 6.92 Å². The number of hydrogen-bond donors (Lipinski definition) is 1. The van der Waals surface area contributed by atoms with Gasteiger partial charge in [0.05, 0.1) is 21.8 Å². The van der Waals surface area contributed by atoms with E-state index in [1.54, 1.807) is 6.07 Å². The third kappa shape index (κ3) is 3.22. The average Bonchev–Trinajstić information content (AvgIpc) is 2.24. The van der Waals surface area contributed by atoms with Crippen LogP contribution in [0.25, 0.3) is 0 Å². The summed E-state index contributed by atoms with van der Waals surface area (Å²) in [6, 6.07) is 3.72. The SMILES string of the molecule is CC(C#N)S(=O)(=O)Nc1cc(Cl)c(F)c(Cl)c1. The van der Waals surface area contributed by atoms with E-state index in [-0.39, 0.29) is 15.7 Å². The molecule has 1 aromatic carbocycles. The number of hydrogen-bond acceptors (Lipinski definition) is 3. The number of benzene rings is 1. The molecule has 0 amide bonds. The van der Waals surface area contributed by atoms with Crippen molar-refractivity contribution in [2.45, 2.75) is 12.2 Å². The second kappa shape index (κ2) is 5.08. The molecule has 0 saturated heterocycles. The number of sulfonamides is 1. The Bertz CT molecular complexity index is 560. The summed E-state index contributed by atoms with van der Waals surface area (Å²) in [5, 5.41) is 6.66. The molecule has 8 heteroatoms. The van der Waals surface area contributed by atoms with E-state index >= 15 is 0 Å². The van der Waals surface area contributed by atoms with Crippen molar-refractivity contribution < 1.29 is 12.8 Å². The first-order chi connectivity index (χ1) is 7.77. The van der Waals surface area contributed by atoms with Crippen LogP contribution < -0.4 is 4.72 Å². The number of nitrogens with zero attached hydrogens (tertiary/aromatic N) is 1. The molecule has 0 aromatic heterocycles. The third-order valence-corrected chi connectivity index (χ3v) is 4.00. The van der Waals surface area contributed by atoms with Gasteiger partial charge in [0.2, 0.25) is 10.0 Å². The molecular formula is C9H7Cl2FN2O2S. The van der Waals surface area contributed by atoms with Gasteiger partial charge in [-0.3, -0.25) is 4.72 Å². The third-order valence-electron chi connectivity index (χ3n) is 1.89. The summed E-state index contributed by atoms with van der Waals surface area (Å²) in [7, 11) is -3.86. The maximum absolute atomic E-state index is 13.1. The fourth-order valence-electron chi connectivity index (χ4n) is 0.936. The van der Waals surface area contributed by atoms with Crippen LogP contribution in [0.4, 0.5) is 10.1 Å². The van der Waals surface area contributed by atoms with Crippen LogP contribution in [-0.2, 0) is 10.0 Å². The molecule has 1 rings (SSSR count). The highest BCUT2D eigenvalue weighted by Gasteiger charge is 2.21. The van der Waals surface area contributed by atoms with E-state index in [9.17, 15) is 12.8 Å². The molecule has 0 aliphatic carbocycles. The van der Waals surface area contributed by atoms with Crippen molar-refractivity contribution in [2.75, 3.05) is 4.72 Å². The molecule has 0 bridgehead atoms. The summed E-state index contributed by atoms with van der Waals surface area (Å²) in [6.07, 6.45) is 0. The predicted octanol–water partition coefficient (Wildman–Crippen LogP) is 2.79. The van der Waals surface area contributed by atoms with Crippen molar-refractivity contribution >= 4 is 38.9 Å². The van der Waals surface area contributed by atoms with Crippen LogP contribution in [0.1, 0.15) is 6.92 Å². The standard InChI is InChI=1S/C9H7Cl2FN2O2S/c1-5(4-13)17(15,16)14-6-2-7(10)9(12)8(11)3-6/h2-3,5,14H,1H3. The van der Waals surface area contributed by atoms with E-state index in [1.807, 2.05) is 0 Å². The first-order valence-electron chi connectivity index (χ1n) is 4.33. The highest BCUT2D eigenvalue weighted by molar-refractivity contribution is 7.93. The fourth-order valence-corrected chi connectivity index (χ4v) is 2.19. The molecule has 17 heavy (non-hydrogen) atoms. The molecule has 4 nitrogen and oxygen atoms in total. The summed E-state index contributed by atoms with van der Waals surface area (Å²) >= 11 is 11.0. The fraction of sp³-hybridized carbons (Fsp3) is 0.222. The van der Waals surface area contributed by atoms with Crippen molar-refractivity contribution in [3.05, 3.63) is 28.0 Å². The van der Waals surface area contributed by atoms with E-state index in [4.69, 9.17) is 28.5 Å². The minimum atomic E-state index is -3.86. The van der Waals surface area contributed by atoms with Crippen molar-refractivity contribution in [2.24, 2.45) is 0 Å².